The summed E-state index contributed by atoms with van der Waals surface area (Å²) in [6, 6.07) is 8.94. The number of nitrogens with one attached hydrogen (secondary N) is 1. The quantitative estimate of drug-likeness (QED) is 0.906. The van der Waals surface area contributed by atoms with Gasteiger partial charge in [-0.2, -0.15) is 0 Å². The van der Waals surface area contributed by atoms with E-state index in [2.05, 4.69) is 5.32 Å². The van der Waals surface area contributed by atoms with Crippen LogP contribution in [0.2, 0.25) is 5.02 Å². The molecule has 0 aliphatic rings. The van der Waals surface area contributed by atoms with Gasteiger partial charge < -0.3 is 9.73 Å². The van der Waals surface area contributed by atoms with Gasteiger partial charge >= 0.3 is 0 Å². The van der Waals surface area contributed by atoms with Crippen LogP contribution in [0.25, 0.3) is 0 Å². The van der Waals surface area contributed by atoms with Gasteiger partial charge in [-0.05, 0) is 30.7 Å². The van der Waals surface area contributed by atoms with Gasteiger partial charge in [0.05, 0.1) is 17.9 Å². The first-order valence-corrected chi connectivity index (χ1v) is 5.63. The van der Waals surface area contributed by atoms with Crippen molar-refractivity contribution in [3.8, 4) is 0 Å². The topological polar surface area (TPSA) is 42.2 Å². The second kappa shape index (κ2) is 5.06. The van der Waals surface area contributed by atoms with Crippen LogP contribution in [0, 0.1) is 0 Å². The van der Waals surface area contributed by atoms with Crippen LogP contribution < -0.4 is 5.32 Å². The maximum atomic E-state index is 11.8. The minimum absolute atomic E-state index is 0.0744. The predicted octanol–water partition coefficient (Wildman–Crippen LogP) is 3.42. The van der Waals surface area contributed by atoms with Gasteiger partial charge in [0.15, 0.2) is 0 Å². The minimum atomic E-state index is -0.152. The van der Waals surface area contributed by atoms with Crippen LogP contribution in [0.15, 0.2) is 47.3 Å². The number of carbonyl (C=O) groups is 1. The molecule has 1 heterocycles. The van der Waals surface area contributed by atoms with Gasteiger partial charge in [-0.3, -0.25) is 4.79 Å². The normalized spacial score (nSPS) is 12.1. The lowest BCUT2D eigenvalue weighted by atomic mass is 10.1. The molecule has 1 atom stereocenters. The summed E-state index contributed by atoms with van der Waals surface area (Å²) in [6.45, 7) is 1.92. The Morgan fingerprint density at radius 1 is 1.29 bits per heavy atom. The highest BCUT2D eigenvalue weighted by atomic mass is 35.5. The fraction of sp³-hybridized carbons (Fsp3) is 0.154. The van der Waals surface area contributed by atoms with Crippen molar-refractivity contribution < 1.29 is 9.21 Å². The molecule has 0 saturated carbocycles. The van der Waals surface area contributed by atoms with Crippen molar-refractivity contribution in [3.63, 3.8) is 0 Å². The molecule has 0 saturated heterocycles. The van der Waals surface area contributed by atoms with Crippen LogP contribution in [0.3, 0.4) is 0 Å². The summed E-state index contributed by atoms with van der Waals surface area (Å²) in [7, 11) is 0. The van der Waals surface area contributed by atoms with Crippen molar-refractivity contribution in [1.82, 2.24) is 5.32 Å². The Balaban J connectivity index is 2.04. The number of hydrogen-bond donors (Lipinski definition) is 1. The summed E-state index contributed by atoms with van der Waals surface area (Å²) in [6.07, 6.45) is 2.89. The number of rotatable bonds is 3. The van der Waals surface area contributed by atoms with Gasteiger partial charge in [0.1, 0.15) is 6.26 Å². The van der Waals surface area contributed by atoms with Gasteiger partial charge in [0.25, 0.3) is 5.91 Å². The molecule has 3 nitrogen and oxygen atoms in total. The zero-order valence-corrected chi connectivity index (χ0v) is 10.1. The first-order valence-electron chi connectivity index (χ1n) is 5.25. The molecule has 88 valence electrons. The molecule has 0 radical (unpaired) electrons. The van der Waals surface area contributed by atoms with E-state index in [-0.39, 0.29) is 11.9 Å². The van der Waals surface area contributed by atoms with Crippen LogP contribution in [-0.2, 0) is 0 Å². The number of benzene rings is 1. The molecule has 1 N–H and O–H groups in total. The molecule has 0 spiro atoms. The van der Waals surface area contributed by atoms with Crippen LogP contribution >= 0.6 is 11.6 Å². The molecule has 1 amide bonds. The number of carbonyl (C=O) groups excluding carboxylic acids is 1. The molecule has 1 aromatic heterocycles. The maximum absolute atomic E-state index is 11.8. The number of amides is 1. The van der Waals surface area contributed by atoms with E-state index >= 15 is 0 Å². The van der Waals surface area contributed by atoms with Gasteiger partial charge in [0.2, 0.25) is 0 Å². The maximum Gasteiger partial charge on any atom is 0.255 e. The van der Waals surface area contributed by atoms with E-state index in [1.165, 1.54) is 12.5 Å². The fourth-order valence-electron chi connectivity index (χ4n) is 1.51. The SMILES string of the molecule is CC(NC(=O)c1ccoc1)c1ccc(Cl)cc1. The second-order valence-corrected chi connectivity index (χ2v) is 4.20. The van der Waals surface area contributed by atoms with Crippen molar-refractivity contribution in [3.05, 3.63) is 59.0 Å². The van der Waals surface area contributed by atoms with Gasteiger partial charge in [-0.1, -0.05) is 23.7 Å². The Morgan fingerprint density at radius 3 is 2.59 bits per heavy atom. The Bertz CT molecular complexity index is 491. The highest BCUT2D eigenvalue weighted by Gasteiger charge is 2.11. The van der Waals surface area contributed by atoms with E-state index in [9.17, 15) is 4.79 Å². The van der Waals surface area contributed by atoms with E-state index in [0.717, 1.165) is 5.56 Å². The van der Waals surface area contributed by atoms with E-state index in [4.69, 9.17) is 16.0 Å². The standard InChI is InChI=1S/C13H12ClNO2/c1-9(10-2-4-12(14)5-3-10)15-13(16)11-6-7-17-8-11/h2-9H,1H3,(H,15,16). The van der Waals surface area contributed by atoms with Crippen LogP contribution in [-0.4, -0.2) is 5.91 Å². The average molecular weight is 250 g/mol. The van der Waals surface area contributed by atoms with Crippen molar-refractivity contribution >= 4 is 17.5 Å². The number of furan rings is 1. The molecule has 0 aliphatic heterocycles. The molecule has 4 heteroatoms. The molecule has 0 fully saturated rings. The van der Waals surface area contributed by atoms with Crippen molar-refractivity contribution in [2.75, 3.05) is 0 Å². The second-order valence-electron chi connectivity index (χ2n) is 3.76. The van der Waals surface area contributed by atoms with E-state index in [0.29, 0.717) is 10.6 Å². The third kappa shape index (κ3) is 2.88. The van der Waals surface area contributed by atoms with Gasteiger partial charge in [-0.25, -0.2) is 0 Å². The predicted molar refractivity (Wildman–Crippen MR) is 66.0 cm³/mol. The molecule has 1 unspecified atom stereocenters. The molecular weight excluding hydrogens is 238 g/mol. The van der Waals surface area contributed by atoms with E-state index in [1.54, 1.807) is 18.2 Å². The summed E-state index contributed by atoms with van der Waals surface area (Å²) in [5.41, 5.74) is 1.53. The largest absolute Gasteiger partial charge is 0.472 e. The molecule has 2 rings (SSSR count). The summed E-state index contributed by atoms with van der Waals surface area (Å²) < 4.78 is 4.86. The van der Waals surface area contributed by atoms with Crippen molar-refractivity contribution in [2.24, 2.45) is 0 Å². The highest BCUT2D eigenvalue weighted by molar-refractivity contribution is 6.30. The molecule has 0 bridgehead atoms. The molecule has 1 aromatic carbocycles. The Labute approximate surface area is 104 Å². The Kier molecular flexibility index (Phi) is 3.49. The lowest BCUT2D eigenvalue weighted by Crippen LogP contribution is -2.26. The summed E-state index contributed by atoms with van der Waals surface area (Å²) in [4.78, 5) is 11.8. The zero-order chi connectivity index (χ0) is 12.3. The summed E-state index contributed by atoms with van der Waals surface area (Å²) in [5.74, 6) is -0.152. The Morgan fingerprint density at radius 2 is 2.00 bits per heavy atom. The minimum Gasteiger partial charge on any atom is -0.472 e. The van der Waals surface area contributed by atoms with Gasteiger partial charge in [0, 0.05) is 5.02 Å². The smallest absolute Gasteiger partial charge is 0.255 e. The lowest BCUT2D eigenvalue weighted by molar-refractivity contribution is 0.0939. The Hall–Kier alpha value is -1.74. The number of halogens is 1. The molecular formula is C13H12ClNO2. The van der Waals surface area contributed by atoms with Crippen LogP contribution in [0.1, 0.15) is 28.9 Å². The number of hydrogen-bond acceptors (Lipinski definition) is 2. The molecule has 17 heavy (non-hydrogen) atoms. The zero-order valence-electron chi connectivity index (χ0n) is 9.31. The van der Waals surface area contributed by atoms with Gasteiger partial charge in [-0.15, -0.1) is 0 Å². The monoisotopic (exact) mass is 249 g/mol. The fourth-order valence-corrected chi connectivity index (χ4v) is 1.63. The van der Waals surface area contributed by atoms with Crippen LogP contribution in [0.5, 0.6) is 0 Å². The molecule has 2 aromatic rings. The third-order valence-corrected chi connectivity index (χ3v) is 2.75. The van der Waals surface area contributed by atoms with Crippen molar-refractivity contribution in [1.29, 1.82) is 0 Å². The first-order chi connectivity index (χ1) is 8.16. The highest BCUT2D eigenvalue weighted by Crippen LogP contribution is 2.16. The van der Waals surface area contributed by atoms with Crippen LogP contribution in [0.4, 0.5) is 0 Å². The van der Waals surface area contributed by atoms with Crippen molar-refractivity contribution in [2.45, 2.75) is 13.0 Å². The first kappa shape index (κ1) is 11.7. The molecule has 0 aliphatic carbocycles. The summed E-state index contributed by atoms with van der Waals surface area (Å²) >= 11 is 5.80. The van der Waals surface area contributed by atoms with E-state index < -0.39 is 0 Å². The van der Waals surface area contributed by atoms with E-state index in [1.807, 2.05) is 19.1 Å². The average Bonchev–Trinajstić information content (AvgIpc) is 2.83. The third-order valence-electron chi connectivity index (χ3n) is 2.50. The lowest BCUT2D eigenvalue weighted by Gasteiger charge is -2.13. The summed E-state index contributed by atoms with van der Waals surface area (Å²) in [5, 5.41) is 3.56.